The van der Waals surface area contributed by atoms with E-state index in [1.54, 1.807) is 4.90 Å². The van der Waals surface area contributed by atoms with E-state index in [0.29, 0.717) is 83.7 Å². The van der Waals surface area contributed by atoms with Gasteiger partial charge in [-0.15, -0.1) is 0 Å². The van der Waals surface area contributed by atoms with Crippen molar-refractivity contribution < 1.29 is 37.7 Å². The molecule has 1 unspecified atom stereocenters. The van der Waals surface area contributed by atoms with Gasteiger partial charge in [0, 0.05) is 38.6 Å². The van der Waals surface area contributed by atoms with Gasteiger partial charge in [-0.2, -0.15) is 4.98 Å². The molecule has 7 rings (SSSR count). The van der Waals surface area contributed by atoms with E-state index < -0.39 is 46.3 Å². The second-order valence-electron chi connectivity index (χ2n) is 16.3. The standard InChI is InChI=1S/C36H51ClFN5O7/c1-22(25-19-23(38)20-41(25)5)49-31-26(37)30(42-15-16-43(34(21-42)13-14-34)32(46)50-33(2,3)4)39-29(40-31)27(44)24-9-8-11-35(28(24)45)10-6-7-12-36(35)47-17-18-48-36/h22-25H,6-21H2,1-5H3/t22-,23+,24?,25-,35-/m0/s1. The Hall–Kier alpha value is -2.61. The maximum atomic E-state index is 14.5. The molecule has 0 bridgehead atoms. The molecular formula is C36H51ClFN5O7. The van der Waals surface area contributed by atoms with Crippen molar-refractivity contribution in [3.63, 3.8) is 0 Å². The first-order chi connectivity index (χ1) is 23.7. The quantitative estimate of drug-likeness (QED) is 0.278. The molecular weight excluding hydrogens is 669 g/mol. The predicted molar refractivity (Wildman–Crippen MR) is 182 cm³/mol. The van der Waals surface area contributed by atoms with Crippen LogP contribution < -0.4 is 9.64 Å². The molecule has 3 saturated heterocycles. The summed E-state index contributed by atoms with van der Waals surface area (Å²) in [6, 6.07) is -0.223. The minimum Gasteiger partial charge on any atom is -0.472 e. The maximum Gasteiger partial charge on any atom is 0.410 e. The van der Waals surface area contributed by atoms with Crippen LogP contribution in [0.1, 0.15) is 103 Å². The molecule has 12 nitrogen and oxygen atoms in total. The van der Waals surface area contributed by atoms with Crippen molar-refractivity contribution in [2.45, 2.75) is 127 Å². The summed E-state index contributed by atoms with van der Waals surface area (Å²) in [5.74, 6) is -2.38. The summed E-state index contributed by atoms with van der Waals surface area (Å²) in [5, 5.41) is 0.137. The van der Waals surface area contributed by atoms with Crippen LogP contribution in [0, 0.1) is 11.3 Å². The summed E-state index contributed by atoms with van der Waals surface area (Å²) < 4.78 is 38.9. The Bertz CT molecular complexity index is 1510. The van der Waals surface area contributed by atoms with E-state index in [1.165, 1.54) is 0 Å². The molecule has 1 aromatic rings. The van der Waals surface area contributed by atoms with E-state index >= 15 is 0 Å². The van der Waals surface area contributed by atoms with Crippen LogP contribution in [0.2, 0.25) is 5.02 Å². The number of likely N-dealkylation sites (N-methyl/N-ethyl adjacent to an activating group) is 1. The maximum absolute atomic E-state index is 14.5. The largest absolute Gasteiger partial charge is 0.472 e. The Labute approximate surface area is 298 Å². The third kappa shape index (κ3) is 6.27. The average Bonchev–Trinajstić information content (AvgIpc) is 3.47. The SMILES string of the molecule is C[C@H](Oc1nc(C(=O)C2CCC[C@@]3(CCCCC34OCCO4)C2=O)nc(N2CCN(C(=O)OC(C)(C)C)C3(CC3)C2)c1Cl)[C@@H]1C[C@@H](F)CN1C. The second kappa shape index (κ2) is 13.1. The topological polar surface area (TPSA) is 124 Å². The molecule has 3 spiro atoms. The van der Waals surface area contributed by atoms with E-state index in [0.717, 1.165) is 25.7 Å². The van der Waals surface area contributed by atoms with Crippen LogP contribution in [0.3, 0.4) is 0 Å². The lowest BCUT2D eigenvalue weighted by Crippen LogP contribution is -2.60. The van der Waals surface area contributed by atoms with Crippen molar-refractivity contribution in [3.8, 4) is 5.88 Å². The lowest BCUT2D eigenvalue weighted by atomic mass is 9.57. The fraction of sp³-hybridized carbons (Fsp3) is 0.806. The monoisotopic (exact) mass is 719 g/mol. The lowest BCUT2D eigenvalue weighted by Gasteiger charge is -2.51. The third-order valence-electron chi connectivity index (χ3n) is 11.8. The van der Waals surface area contributed by atoms with Crippen molar-refractivity contribution in [1.29, 1.82) is 0 Å². The molecule has 1 aromatic heterocycles. The highest BCUT2D eigenvalue weighted by Crippen LogP contribution is 2.56. The lowest BCUT2D eigenvalue weighted by molar-refractivity contribution is -0.255. The summed E-state index contributed by atoms with van der Waals surface area (Å²) >= 11 is 7.05. The molecule has 276 valence electrons. The van der Waals surface area contributed by atoms with Gasteiger partial charge in [-0.1, -0.05) is 24.4 Å². The van der Waals surface area contributed by atoms with Crippen LogP contribution in [0.25, 0.3) is 0 Å². The van der Waals surface area contributed by atoms with E-state index in [1.807, 2.05) is 44.5 Å². The van der Waals surface area contributed by atoms with Gasteiger partial charge in [-0.25, -0.2) is 14.2 Å². The molecule has 14 heteroatoms. The third-order valence-corrected chi connectivity index (χ3v) is 12.2. The summed E-state index contributed by atoms with van der Waals surface area (Å²) in [6.45, 7) is 9.74. The minimum atomic E-state index is -0.995. The molecule has 3 aliphatic carbocycles. The first-order valence-corrected chi connectivity index (χ1v) is 18.8. The number of aromatic nitrogens is 2. The highest BCUT2D eigenvalue weighted by Gasteiger charge is 2.64. The summed E-state index contributed by atoms with van der Waals surface area (Å²) in [4.78, 5) is 57.3. The number of hydrogen-bond donors (Lipinski definition) is 0. The van der Waals surface area contributed by atoms with Crippen LogP contribution in [-0.4, -0.2) is 119 Å². The van der Waals surface area contributed by atoms with Gasteiger partial charge in [0.15, 0.2) is 17.4 Å². The first kappa shape index (κ1) is 35.8. The molecule has 0 aromatic carbocycles. The highest BCUT2D eigenvalue weighted by atomic mass is 35.5. The molecule has 4 heterocycles. The molecule has 6 fully saturated rings. The van der Waals surface area contributed by atoms with Gasteiger partial charge in [0.25, 0.3) is 0 Å². The number of hydrogen-bond acceptors (Lipinski definition) is 11. The summed E-state index contributed by atoms with van der Waals surface area (Å²) in [5.41, 5.74) is -1.97. The molecule has 3 aliphatic heterocycles. The van der Waals surface area contributed by atoms with Gasteiger partial charge in [0.2, 0.25) is 17.5 Å². The van der Waals surface area contributed by atoms with Crippen molar-refractivity contribution in [2.75, 3.05) is 51.3 Å². The van der Waals surface area contributed by atoms with Crippen LogP contribution in [0.5, 0.6) is 5.88 Å². The number of rotatable bonds is 6. The van der Waals surface area contributed by atoms with Gasteiger partial charge in [-0.05, 0) is 79.7 Å². The van der Waals surface area contributed by atoms with Crippen LogP contribution >= 0.6 is 11.6 Å². The number of carbonyl (C=O) groups is 3. The van der Waals surface area contributed by atoms with E-state index in [4.69, 9.17) is 35.5 Å². The predicted octanol–water partition coefficient (Wildman–Crippen LogP) is 5.38. The number of halogens is 2. The zero-order valence-corrected chi connectivity index (χ0v) is 30.7. The van der Waals surface area contributed by atoms with E-state index in [2.05, 4.69) is 4.98 Å². The van der Waals surface area contributed by atoms with Crippen LogP contribution in [-0.2, 0) is 19.0 Å². The second-order valence-corrected chi connectivity index (χ2v) is 16.7. The number of carbonyl (C=O) groups excluding carboxylic acids is 3. The van der Waals surface area contributed by atoms with Crippen molar-refractivity contribution in [2.24, 2.45) is 11.3 Å². The number of alkyl halides is 1. The molecule has 1 amide bonds. The fourth-order valence-electron chi connectivity index (χ4n) is 9.23. The van der Waals surface area contributed by atoms with Crippen molar-refractivity contribution in [1.82, 2.24) is 19.8 Å². The zero-order chi connectivity index (χ0) is 35.6. The molecule has 3 saturated carbocycles. The van der Waals surface area contributed by atoms with Gasteiger partial charge in [-0.3, -0.25) is 19.4 Å². The van der Waals surface area contributed by atoms with Gasteiger partial charge in [0.05, 0.1) is 30.1 Å². The van der Waals surface area contributed by atoms with E-state index in [9.17, 15) is 18.8 Å². The molecule has 0 N–H and O–H groups in total. The number of piperazine rings is 1. The highest BCUT2D eigenvalue weighted by molar-refractivity contribution is 6.34. The average molecular weight is 720 g/mol. The van der Waals surface area contributed by atoms with Crippen LogP contribution in [0.4, 0.5) is 15.0 Å². The Balaban J connectivity index is 1.21. The number of anilines is 1. The zero-order valence-electron chi connectivity index (χ0n) is 30.0. The molecule has 5 atom stereocenters. The Morgan fingerprint density at radius 3 is 2.40 bits per heavy atom. The van der Waals surface area contributed by atoms with Gasteiger partial charge in [0.1, 0.15) is 22.9 Å². The molecule has 50 heavy (non-hydrogen) atoms. The summed E-state index contributed by atoms with van der Waals surface area (Å²) in [6.07, 6.45) is 4.74. The normalized spacial score (nSPS) is 31.4. The number of ether oxygens (including phenoxy) is 4. The van der Waals surface area contributed by atoms with Crippen LogP contribution in [0.15, 0.2) is 0 Å². The number of nitrogens with zero attached hydrogens (tertiary/aromatic N) is 5. The van der Waals surface area contributed by atoms with Crippen molar-refractivity contribution >= 4 is 35.1 Å². The number of Topliss-reactive ketones (excluding diaryl/α,β-unsaturated/α-hetero) is 2. The number of ketones is 2. The number of fused-ring (bicyclic) bond motifs is 1. The Morgan fingerprint density at radius 2 is 1.74 bits per heavy atom. The van der Waals surface area contributed by atoms with Gasteiger partial charge >= 0.3 is 6.09 Å². The van der Waals surface area contributed by atoms with Gasteiger partial charge < -0.3 is 23.8 Å². The minimum absolute atomic E-state index is 0.0252. The number of likely N-dealkylation sites (tertiary alicyclic amines) is 1. The fourth-order valence-corrected chi connectivity index (χ4v) is 9.48. The summed E-state index contributed by atoms with van der Waals surface area (Å²) in [7, 11) is 1.85. The Kier molecular flexibility index (Phi) is 9.38. The molecule has 6 aliphatic rings. The smallest absolute Gasteiger partial charge is 0.410 e. The molecule has 0 radical (unpaired) electrons. The van der Waals surface area contributed by atoms with Crippen molar-refractivity contribution in [3.05, 3.63) is 10.8 Å². The Morgan fingerprint density at radius 1 is 1.04 bits per heavy atom. The first-order valence-electron chi connectivity index (χ1n) is 18.4. The van der Waals surface area contributed by atoms with E-state index in [-0.39, 0.29) is 34.6 Å². The number of amides is 1.